The molecule has 9 heteroatoms. The van der Waals surface area contributed by atoms with Crippen molar-refractivity contribution in [2.45, 2.75) is 26.2 Å². The zero-order chi connectivity index (χ0) is 23.5. The van der Waals surface area contributed by atoms with Crippen LogP contribution in [0.1, 0.15) is 35.1 Å². The molecular formula is C24H19Cl2N3O2S2. The number of carbonyl (C=O) groups excluding carboxylic acids is 1. The number of furan rings is 1. The average molecular weight is 516 g/mol. The number of hydrogen-bond donors (Lipinski definition) is 2. The van der Waals surface area contributed by atoms with Crippen LogP contribution < -0.4 is 10.6 Å². The molecule has 2 N–H and O–H groups in total. The fourth-order valence-corrected chi connectivity index (χ4v) is 5.71. The Balaban J connectivity index is 1.39. The normalized spacial score (nSPS) is 15.2. The number of halogens is 2. The Morgan fingerprint density at radius 1 is 1.33 bits per heavy atom. The molecule has 33 heavy (non-hydrogen) atoms. The van der Waals surface area contributed by atoms with Crippen LogP contribution in [0.25, 0.3) is 17.4 Å². The molecule has 1 aliphatic carbocycles. The first-order valence-corrected chi connectivity index (χ1v) is 12.2. The van der Waals surface area contributed by atoms with Gasteiger partial charge >= 0.3 is 0 Å². The molecule has 1 unspecified atom stereocenters. The summed E-state index contributed by atoms with van der Waals surface area (Å²) in [4.78, 5) is 13.5. The van der Waals surface area contributed by atoms with Gasteiger partial charge < -0.3 is 9.73 Å². The smallest absolute Gasteiger partial charge is 0.250 e. The van der Waals surface area contributed by atoms with Crippen LogP contribution in [0.4, 0.5) is 5.00 Å². The second-order valence-electron chi connectivity index (χ2n) is 7.75. The van der Waals surface area contributed by atoms with Crippen molar-refractivity contribution in [1.82, 2.24) is 5.32 Å². The van der Waals surface area contributed by atoms with Crippen molar-refractivity contribution < 1.29 is 9.21 Å². The maximum absolute atomic E-state index is 12.3. The van der Waals surface area contributed by atoms with E-state index in [9.17, 15) is 10.1 Å². The second kappa shape index (κ2) is 10.1. The van der Waals surface area contributed by atoms with Gasteiger partial charge in [-0.1, -0.05) is 36.2 Å². The number of nitrogens with zero attached hydrogens (tertiary/aromatic N) is 1. The summed E-state index contributed by atoms with van der Waals surface area (Å²) in [7, 11) is 0. The molecule has 4 rings (SSSR count). The number of rotatable bonds is 4. The van der Waals surface area contributed by atoms with Crippen LogP contribution in [0.3, 0.4) is 0 Å². The van der Waals surface area contributed by atoms with Gasteiger partial charge in [-0.2, -0.15) is 5.26 Å². The highest BCUT2D eigenvalue weighted by atomic mass is 35.5. The van der Waals surface area contributed by atoms with Crippen molar-refractivity contribution in [2.75, 3.05) is 5.32 Å². The molecular weight excluding hydrogens is 497 g/mol. The van der Waals surface area contributed by atoms with Gasteiger partial charge in [-0.15, -0.1) is 11.3 Å². The molecule has 3 aromatic rings. The Kier molecular flexibility index (Phi) is 7.20. The van der Waals surface area contributed by atoms with Gasteiger partial charge in [0, 0.05) is 16.5 Å². The Labute approximate surface area is 211 Å². The summed E-state index contributed by atoms with van der Waals surface area (Å²) >= 11 is 19.1. The highest BCUT2D eigenvalue weighted by molar-refractivity contribution is 7.80. The number of nitriles is 1. The lowest BCUT2D eigenvalue weighted by atomic mass is 9.89. The van der Waals surface area contributed by atoms with E-state index in [0.29, 0.717) is 43.6 Å². The third kappa shape index (κ3) is 5.31. The van der Waals surface area contributed by atoms with Crippen LogP contribution in [0.2, 0.25) is 10.0 Å². The van der Waals surface area contributed by atoms with Crippen LogP contribution in [0.15, 0.2) is 40.8 Å². The summed E-state index contributed by atoms with van der Waals surface area (Å²) < 4.78 is 5.75. The van der Waals surface area contributed by atoms with Crippen molar-refractivity contribution in [3.63, 3.8) is 0 Å². The molecule has 2 heterocycles. The second-order valence-corrected chi connectivity index (χ2v) is 10.0. The molecule has 0 bridgehead atoms. The van der Waals surface area contributed by atoms with Gasteiger partial charge in [0.1, 0.15) is 22.6 Å². The monoisotopic (exact) mass is 515 g/mol. The third-order valence-corrected chi connectivity index (χ3v) is 7.52. The fraction of sp³-hybridized carbons (Fsp3) is 0.208. The van der Waals surface area contributed by atoms with E-state index in [4.69, 9.17) is 39.8 Å². The SMILES string of the molecule is CC1CCc2c(sc(NC(=S)NC(=O)C=Cc3ccc(-c4cccc(Cl)c4Cl)o3)c2C#N)C1. The van der Waals surface area contributed by atoms with Crippen molar-refractivity contribution in [3.05, 3.63) is 68.2 Å². The Morgan fingerprint density at radius 3 is 2.94 bits per heavy atom. The number of thiophene rings is 1. The van der Waals surface area contributed by atoms with E-state index >= 15 is 0 Å². The standard InChI is InChI=1S/C24H19Cl2N3O2S2/c1-13-5-8-15-17(12-27)23(33-20(15)11-13)29-24(32)28-21(30)10-7-14-6-9-19(31-14)16-3-2-4-18(25)22(16)26/h2-4,6-7,9-10,13H,5,8,11H2,1H3,(H2,28,29,30,32). The molecule has 0 spiro atoms. The lowest BCUT2D eigenvalue weighted by molar-refractivity contribution is -0.115. The number of anilines is 1. The molecule has 0 fully saturated rings. The van der Waals surface area contributed by atoms with Gasteiger partial charge in [-0.3, -0.25) is 10.1 Å². The lowest BCUT2D eigenvalue weighted by Crippen LogP contribution is -2.32. The zero-order valence-corrected chi connectivity index (χ0v) is 20.7. The number of benzene rings is 1. The molecule has 0 saturated carbocycles. The molecule has 0 saturated heterocycles. The molecule has 168 valence electrons. The van der Waals surface area contributed by atoms with Gasteiger partial charge in [0.05, 0.1) is 15.6 Å². The van der Waals surface area contributed by atoms with Crippen molar-refractivity contribution in [1.29, 1.82) is 5.26 Å². The molecule has 1 aliphatic rings. The van der Waals surface area contributed by atoms with Gasteiger partial charge in [0.15, 0.2) is 5.11 Å². The first-order chi connectivity index (χ1) is 15.9. The summed E-state index contributed by atoms with van der Waals surface area (Å²) in [6.07, 6.45) is 5.78. The minimum absolute atomic E-state index is 0.138. The van der Waals surface area contributed by atoms with E-state index in [1.807, 2.05) is 0 Å². The predicted octanol–water partition coefficient (Wildman–Crippen LogP) is 6.84. The maximum atomic E-state index is 12.3. The number of fused-ring (bicyclic) bond motifs is 1. The summed E-state index contributed by atoms with van der Waals surface area (Å²) in [6.45, 7) is 2.21. The molecule has 1 aromatic carbocycles. The maximum Gasteiger partial charge on any atom is 0.250 e. The molecule has 1 amide bonds. The minimum atomic E-state index is -0.417. The molecule has 0 aliphatic heterocycles. The quantitative estimate of drug-likeness (QED) is 0.293. The molecule has 2 aromatic heterocycles. The summed E-state index contributed by atoms with van der Waals surface area (Å²) in [5, 5.41) is 16.9. The summed E-state index contributed by atoms with van der Waals surface area (Å²) in [5.41, 5.74) is 2.39. The fourth-order valence-electron chi connectivity index (χ4n) is 3.68. The van der Waals surface area contributed by atoms with Gasteiger partial charge in [0.2, 0.25) is 5.91 Å². The van der Waals surface area contributed by atoms with E-state index in [-0.39, 0.29) is 5.11 Å². The lowest BCUT2D eigenvalue weighted by Gasteiger charge is -2.17. The highest BCUT2D eigenvalue weighted by Crippen LogP contribution is 2.39. The van der Waals surface area contributed by atoms with Gasteiger partial charge in [-0.05, 0) is 73.3 Å². The zero-order valence-electron chi connectivity index (χ0n) is 17.6. The van der Waals surface area contributed by atoms with E-state index in [1.165, 1.54) is 28.4 Å². The van der Waals surface area contributed by atoms with E-state index in [2.05, 4.69) is 23.6 Å². The largest absolute Gasteiger partial charge is 0.457 e. The Hall–Kier alpha value is -2.63. The van der Waals surface area contributed by atoms with Crippen LogP contribution in [0, 0.1) is 17.2 Å². The van der Waals surface area contributed by atoms with Crippen LogP contribution in [-0.4, -0.2) is 11.0 Å². The number of amides is 1. The average Bonchev–Trinajstić information content (AvgIpc) is 3.37. The number of thiocarbonyl (C=S) groups is 1. The predicted molar refractivity (Wildman–Crippen MR) is 138 cm³/mol. The van der Waals surface area contributed by atoms with Crippen molar-refractivity contribution in [3.8, 4) is 17.4 Å². The van der Waals surface area contributed by atoms with Gasteiger partial charge in [0.25, 0.3) is 0 Å². The summed E-state index contributed by atoms with van der Waals surface area (Å²) in [6, 6.07) is 11.0. The third-order valence-electron chi connectivity index (χ3n) is 5.33. The molecule has 0 radical (unpaired) electrons. The topological polar surface area (TPSA) is 78.1 Å². The van der Waals surface area contributed by atoms with Crippen LogP contribution >= 0.6 is 46.8 Å². The van der Waals surface area contributed by atoms with Crippen LogP contribution in [-0.2, 0) is 17.6 Å². The van der Waals surface area contributed by atoms with Gasteiger partial charge in [-0.25, -0.2) is 0 Å². The van der Waals surface area contributed by atoms with Crippen molar-refractivity contribution in [2.24, 2.45) is 5.92 Å². The highest BCUT2D eigenvalue weighted by Gasteiger charge is 2.24. The first kappa shape index (κ1) is 23.5. The number of carbonyl (C=O) groups is 1. The Morgan fingerprint density at radius 2 is 2.15 bits per heavy atom. The van der Waals surface area contributed by atoms with E-state index < -0.39 is 5.91 Å². The van der Waals surface area contributed by atoms with Crippen LogP contribution in [0.5, 0.6) is 0 Å². The summed E-state index contributed by atoms with van der Waals surface area (Å²) in [5.74, 6) is 1.20. The first-order valence-electron chi connectivity index (χ1n) is 10.2. The van der Waals surface area contributed by atoms with Crippen molar-refractivity contribution >= 4 is 68.9 Å². The molecule has 5 nitrogen and oxygen atoms in total. The van der Waals surface area contributed by atoms with E-state index in [1.54, 1.807) is 30.3 Å². The Bertz CT molecular complexity index is 1300. The number of hydrogen-bond acceptors (Lipinski definition) is 5. The number of nitrogens with one attached hydrogen (secondary N) is 2. The molecule has 1 atom stereocenters. The minimum Gasteiger partial charge on any atom is -0.457 e. The van der Waals surface area contributed by atoms with E-state index in [0.717, 1.165) is 24.8 Å².